The van der Waals surface area contributed by atoms with Gasteiger partial charge in [-0.05, 0) is 19.1 Å². The molecule has 0 aromatic heterocycles. The zero-order valence-electron chi connectivity index (χ0n) is 16.2. The molecule has 3 heterocycles. The van der Waals surface area contributed by atoms with Gasteiger partial charge in [-0.3, -0.25) is 5.21 Å². The fourth-order valence-corrected chi connectivity index (χ4v) is 4.83. The molecule has 3 aliphatic heterocycles. The first-order valence-electron chi connectivity index (χ1n) is 9.36. The van der Waals surface area contributed by atoms with Crippen LogP contribution in [0.2, 0.25) is 0 Å². The molecule has 1 saturated heterocycles. The number of ether oxygens (including phenoxy) is 1. The lowest BCUT2D eigenvalue weighted by molar-refractivity contribution is -0.229. The fraction of sp³-hybridized carbons (Fsp3) is 0.500. The Labute approximate surface area is 171 Å². The van der Waals surface area contributed by atoms with Crippen molar-refractivity contribution in [2.24, 2.45) is 21.5 Å². The molecule has 6 unspecified atom stereocenters. The van der Waals surface area contributed by atoms with Crippen molar-refractivity contribution in [1.82, 2.24) is 9.96 Å². The van der Waals surface area contributed by atoms with Gasteiger partial charge in [-0.1, -0.05) is 18.2 Å². The van der Waals surface area contributed by atoms with Gasteiger partial charge < -0.3 is 36.4 Å². The van der Waals surface area contributed by atoms with Crippen LogP contribution in [0.25, 0.3) is 0 Å². The van der Waals surface area contributed by atoms with Gasteiger partial charge in [-0.25, -0.2) is 14.8 Å². The number of hydroxylamine groups is 2. The van der Waals surface area contributed by atoms with Crippen molar-refractivity contribution in [2.45, 2.75) is 42.4 Å². The minimum absolute atomic E-state index is 0.174. The molecule has 1 aromatic carbocycles. The summed E-state index contributed by atoms with van der Waals surface area (Å²) in [4.78, 5) is 22.4. The molecule has 0 bridgehead atoms. The first-order chi connectivity index (χ1) is 14.2. The molecule has 162 valence electrons. The summed E-state index contributed by atoms with van der Waals surface area (Å²) in [6, 6.07) is 5.08. The maximum atomic E-state index is 12.7. The van der Waals surface area contributed by atoms with E-state index in [1.165, 1.54) is 11.8 Å². The number of aliphatic hydroxyl groups is 3. The highest BCUT2D eigenvalue weighted by Crippen LogP contribution is 2.53. The summed E-state index contributed by atoms with van der Waals surface area (Å²) in [5, 5.41) is 43.0. The van der Waals surface area contributed by atoms with E-state index in [4.69, 9.17) is 16.2 Å². The van der Waals surface area contributed by atoms with Crippen LogP contribution in [0.5, 0.6) is 0 Å². The number of nitrogens with two attached hydrogens (primary N) is 2. The first kappa shape index (κ1) is 20.3. The van der Waals surface area contributed by atoms with E-state index in [0.29, 0.717) is 5.06 Å². The predicted molar refractivity (Wildman–Crippen MR) is 103 cm³/mol. The van der Waals surface area contributed by atoms with E-state index in [1.807, 2.05) is 0 Å². The van der Waals surface area contributed by atoms with Crippen LogP contribution in [0.1, 0.15) is 17.3 Å². The molecule has 30 heavy (non-hydrogen) atoms. The number of aliphatic hydroxyl groups excluding tert-OH is 2. The fourth-order valence-electron chi connectivity index (χ4n) is 4.83. The van der Waals surface area contributed by atoms with Crippen molar-refractivity contribution in [3.05, 3.63) is 35.9 Å². The molecule has 0 saturated carbocycles. The molecule has 1 spiro atoms. The largest absolute Gasteiger partial charge is 0.453 e. The minimum Gasteiger partial charge on any atom is -0.453 e. The van der Waals surface area contributed by atoms with Gasteiger partial charge in [0.25, 0.3) is 0 Å². The maximum Gasteiger partial charge on any atom is 0.338 e. The number of guanidine groups is 2. The van der Waals surface area contributed by atoms with Crippen LogP contribution in [-0.4, -0.2) is 97.1 Å². The molecule has 6 atom stereocenters. The van der Waals surface area contributed by atoms with E-state index in [9.17, 15) is 25.3 Å². The third-order valence-electron chi connectivity index (χ3n) is 6.10. The van der Waals surface area contributed by atoms with Crippen LogP contribution in [0.3, 0.4) is 0 Å². The second-order valence-corrected chi connectivity index (χ2v) is 7.67. The van der Waals surface area contributed by atoms with Gasteiger partial charge >= 0.3 is 5.97 Å². The van der Waals surface area contributed by atoms with E-state index in [0.717, 1.165) is 0 Å². The molecular weight excluding hydrogens is 396 g/mol. The summed E-state index contributed by atoms with van der Waals surface area (Å²) in [7, 11) is 0. The first-order valence-corrected chi connectivity index (χ1v) is 9.36. The number of nitrogens with zero attached hydrogens (tertiary/aromatic N) is 4. The third-order valence-corrected chi connectivity index (χ3v) is 6.10. The number of benzene rings is 1. The number of rotatable bonds is 4. The second-order valence-electron chi connectivity index (χ2n) is 7.67. The highest BCUT2D eigenvalue weighted by molar-refractivity contribution is 5.90. The topological polar surface area (TPSA) is 190 Å². The van der Waals surface area contributed by atoms with E-state index in [1.54, 1.807) is 30.3 Å². The van der Waals surface area contributed by atoms with Gasteiger partial charge in [0.1, 0.15) is 17.7 Å². The standard InChI is InChI=1S/C18H24N6O6/c1-17(28)13(30-14(27)9-5-3-2-4-6-9)11(8-26)23-15(19)21-10(7-25)12-18(17,23)24(29)16(20)22-12/h2-6,10-13,25-26,28-29H,7-8H2,1H3,(H2,19,21)(H2,20,22). The average molecular weight is 420 g/mol. The molecule has 0 amide bonds. The van der Waals surface area contributed by atoms with Crippen molar-refractivity contribution in [3.63, 3.8) is 0 Å². The number of esters is 1. The Balaban J connectivity index is 1.83. The van der Waals surface area contributed by atoms with Gasteiger partial charge in [0.05, 0.1) is 24.8 Å². The Hall–Kier alpha value is -2.93. The smallest absolute Gasteiger partial charge is 0.338 e. The van der Waals surface area contributed by atoms with Crippen LogP contribution in [0.4, 0.5) is 0 Å². The van der Waals surface area contributed by atoms with Gasteiger partial charge in [0.2, 0.25) is 11.6 Å². The normalized spacial score (nSPS) is 37.4. The lowest BCUT2D eigenvalue weighted by atomic mass is 9.79. The summed E-state index contributed by atoms with van der Waals surface area (Å²) in [6.07, 6.45) is -1.35. The predicted octanol–water partition coefficient (Wildman–Crippen LogP) is -2.59. The Bertz CT molecular complexity index is 908. The van der Waals surface area contributed by atoms with Gasteiger partial charge in [-0.2, -0.15) is 5.06 Å². The molecule has 4 rings (SSSR count). The van der Waals surface area contributed by atoms with Crippen molar-refractivity contribution < 1.29 is 30.1 Å². The molecule has 0 radical (unpaired) electrons. The number of aliphatic imine (C=N–C) groups is 2. The van der Waals surface area contributed by atoms with E-state index < -0.39 is 54.7 Å². The lowest BCUT2D eigenvalue weighted by Gasteiger charge is -2.52. The van der Waals surface area contributed by atoms with E-state index >= 15 is 0 Å². The lowest BCUT2D eigenvalue weighted by Crippen LogP contribution is -2.77. The second kappa shape index (κ2) is 6.80. The summed E-state index contributed by atoms with van der Waals surface area (Å²) in [5.74, 6) is -1.25. The summed E-state index contributed by atoms with van der Waals surface area (Å²) in [6.45, 7) is 0.251. The number of carbonyl (C=O) groups excluding carboxylic acids is 1. The molecule has 0 aliphatic carbocycles. The number of hydrogen-bond acceptors (Lipinski definition) is 12. The SMILES string of the molecule is CC1(O)C(OC(=O)c2ccccc2)C(CO)N2C(N)=NC(CO)C3N=C(N)N(O)C321. The van der Waals surface area contributed by atoms with Crippen molar-refractivity contribution in [2.75, 3.05) is 13.2 Å². The molecular formula is C18H24N6O6. The summed E-state index contributed by atoms with van der Waals surface area (Å²) in [5.41, 5.74) is 8.29. The van der Waals surface area contributed by atoms with E-state index in [-0.39, 0.29) is 17.5 Å². The Morgan fingerprint density at radius 1 is 1.17 bits per heavy atom. The summed E-state index contributed by atoms with van der Waals surface area (Å²) < 4.78 is 5.62. The highest BCUT2D eigenvalue weighted by atomic mass is 16.6. The summed E-state index contributed by atoms with van der Waals surface area (Å²) >= 11 is 0. The molecule has 12 nitrogen and oxygen atoms in total. The van der Waals surface area contributed by atoms with Gasteiger partial charge in [-0.15, -0.1) is 0 Å². The van der Waals surface area contributed by atoms with Crippen LogP contribution in [0, 0.1) is 0 Å². The molecule has 1 fully saturated rings. The maximum absolute atomic E-state index is 12.7. The van der Waals surface area contributed by atoms with Crippen molar-refractivity contribution >= 4 is 17.9 Å². The molecule has 3 aliphatic rings. The Kier molecular flexibility index (Phi) is 4.62. The Morgan fingerprint density at radius 3 is 2.43 bits per heavy atom. The molecule has 12 heteroatoms. The van der Waals surface area contributed by atoms with Crippen LogP contribution < -0.4 is 11.5 Å². The highest BCUT2D eigenvalue weighted by Gasteiger charge is 2.78. The molecule has 8 N–H and O–H groups in total. The monoisotopic (exact) mass is 420 g/mol. The van der Waals surface area contributed by atoms with Crippen molar-refractivity contribution in [1.29, 1.82) is 0 Å². The third kappa shape index (κ3) is 2.38. The van der Waals surface area contributed by atoms with E-state index in [2.05, 4.69) is 9.98 Å². The van der Waals surface area contributed by atoms with Crippen molar-refractivity contribution in [3.8, 4) is 0 Å². The van der Waals surface area contributed by atoms with Crippen LogP contribution in [0.15, 0.2) is 40.3 Å². The number of hydrogen-bond donors (Lipinski definition) is 6. The van der Waals surface area contributed by atoms with Crippen LogP contribution >= 0.6 is 0 Å². The Morgan fingerprint density at radius 2 is 1.83 bits per heavy atom. The number of carbonyl (C=O) groups is 1. The van der Waals surface area contributed by atoms with Crippen LogP contribution in [-0.2, 0) is 4.74 Å². The quantitative estimate of drug-likeness (QED) is 0.282. The molecule has 1 aromatic rings. The zero-order valence-corrected chi connectivity index (χ0v) is 16.2. The van der Waals surface area contributed by atoms with Gasteiger partial charge in [0.15, 0.2) is 12.1 Å². The zero-order chi connectivity index (χ0) is 21.8. The average Bonchev–Trinajstić information content (AvgIpc) is 3.12. The minimum atomic E-state index is -2.04. The van der Waals surface area contributed by atoms with Gasteiger partial charge in [0, 0.05) is 0 Å².